The zero-order valence-corrected chi connectivity index (χ0v) is 15.2. The van der Waals surface area contributed by atoms with Gasteiger partial charge in [-0.3, -0.25) is 4.68 Å². The molecule has 1 unspecified atom stereocenters. The molecule has 0 aromatic carbocycles. The maximum absolute atomic E-state index is 12.6. The maximum atomic E-state index is 12.6. The lowest BCUT2D eigenvalue weighted by atomic mass is 10.1. The van der Waals surface area contributed by atoms with Crippen molar-refractivity contribution in [3.05, 3.63) is 29.8 Å². The molecule has 130 valence electrons. The highest BCUT2D eigenvalue weighted by molar-refractivity contribution is 7.86. The molecule has 8 nitrogen and oxygen atoms in total. The Labute approximate surface area is 142 Å². The molecule has 1 atom stereocenters. The van der Waals surface area contributed by atoms with E-state index in [1.54, 1.807) is 25.0 Å². The first-order chi connectivity index (χ1) is 11.3. The van der Waals surface area contributed by atoms with Gasteiger partial charge in [-0.05, 0) is 31.9 Å². The normalized spacial score (nSPS) is 19.3. The monoisotopic (exact) mass is 350 g/mol. The van der Waals surface area contributed by atoms with E-state index >= 15 is 0 Å². The third-order valence-corrected chi connectivity index (χ3v) is 6.20. The van der Waals surface area contributed by atoms with Crippen molar-refractivity contribution < 1.29 is 8.42 Å². The summed E-state index contributed by atoms with van der Waals surface area (Å²) in [6.45, 7) is 2.33. The summed E-state index contributed by atoms with van der Waals surface area (Å²) in [5.74, 6) is 0.623. The molecule has 0 saturated carbocycles. The summed E-state index contributed by atoms with van der Waals surface area (Å²) in [5.41, 5.74) is 2.37. The van der Waals surface area contributed by atoms with Gasteiger partial charge in [0, 0.05) is 33.9 Å². The van der Waals surface area contributed by atoms with Crippen molar-refractivity contribution in [2.24, 2.45) is 7.05 Å². The fraction of sp³-hybridized carbons (Fsp3) is 0.533. The molecule has 0 aliphatic carbocycles. The summed E-state index contributed by atoms with van der Waals surface area (Å²) < 4.78 is 29.7. The van der Waals surface area contributed by atoms with E-state index in [9.17, 15) is 8.42 Å². The Balaban J connectivity index is 2.03. The van der Waals surface area contributed by atoms with Gasteiger partial charge in [-0.2, -0.15) is 22.1 Å². The Bertz CT molecular complexity index is 845. The van der Waals surface area contributed by atoms with E-state index in [4.69, 9.17) is 0 Å². The Kier molecular flexibility index (Phi) is 4.41. The van der Waals surface area contributed by atoms with Crippen LogP contribution in [0.25, 0.3) is 11.4 Å². The van der Waals surface area contributed by atoms with Gasteiger partial charge in [0.1, 0.15) is 5.82 Å². The van der Waals surface area contributed by atoms with Crippen LogP contribution in [-0.4, -0.2) is 57.4 Å². The molecule has 0 amide bonds. The summed E-state index contributed by atoms with van der Waals surface area (Å²) in [4.78, 5) is 8.99. The van der Waals surface area contributed by atoms with Gasteiger partial charge in [0.2, 0.25) is 0 Å². The Morgan fingerprint density at radius 3 is 2.67 bits per heavy atom. The minimum atomic E-state index is -3.47. The lowest BCUT2D eigenvalue weighted by Crippen LogP contribution is -2.39. The number of hydrogen-bond donors (Lipinski definition) is 0. The molecule has 1 aliphatic heterocycles. The lowest BCUT2D eigenvalue weighted by molar-refractivity contribution is 0.357. The SMILES string of the molecule is Cc1nc(-c2ccnn2C)cc(C2CCCN2S(=O)(=O)N(C)C)n1. The largest absolute Gasteiger partial charge is 0.282 e. The molecule has 1 aliphatic rings. The number of aromatic nitrogens is 4. The van der Waals surface area contributed by atoms with Crippen LogP contribution in [-0.2, 0) is 17.3 Å². The van der Waals surface area contributed by atoms with Crippen molar-refractivity contribution in [1.29, 1.82) is 0 Å². The summed E-state index contributed by atoms with van der Waals surface area (Å²) >= 11 is 0. The van der Waals surface area contributed by atoms with E-state index in [0.717, 1.165) is 29.9 Å². The van der Waals surface area contributed by atoms with Crippen LogP contribution in [0.2, 0.25) is 0 Å². The Morgan fingerprint density at radius 1 is 1.29 bits per heavy atom. The predicted molar refractivity (Wildman–Crippen MR) is 90.3 cm³/mol. The molecular weight excluding hydrogens is 328 g/mol. The first-order valence-corrected chi connectivity index (χ1v) is 9.23. The maximum Gasteiger partial charge on any atom is 0.282 e. The van der Waals surface area contributed by atoms with Crippen LogP contribution in [0.3, 0.4) is 0 Å². The quantitative estimate of drug-likeness (QED) is 0.825. The first kappa shape index (κ1) is 17.0. The zero-order chi connectivity index (χ0) is 17.5. The van der Waals surface area contributed by atoms with Crippen LogP contribution in [0.15, 0.2) is 18.3 Å². The highest BCUT2D eigenvalue weighted by Gasteiger charge is 2.37. The van der Waals surface area contributed by atoms with E-state index < -0.39 is 10.2 Å². The van der Waals surface area contributed by atoms with Crippen molar-refractivity contribution in [1.82, 2.24) is 28.4 Å². The highest BCUT2D eigenvalue weighted by atomic mass is 32.2. The predicted octanol–water partition coefficient (Wildman–Crippen LogP) is 1.13. The molecule has 24 heavy (non-hydrogen) atoms. The van der Waals surface area contributed by atoms with Gasteiger partial charge in [-0.1, -0.05) is 0 Å². The Hall–Kier alpha value is -1.84. The second-order valence-corrected chi connectivity index (χ2v) is 8.22. The van der Waals surface area contributed by atoms with Gasteiger partial charge in [-0.25, -0.2) is 9.97 Å². The van der Waals surface area contributed by atoms with Gasteiger partial charge in [0.25, 0.3) is 10.2 Å². The van der Waals surface area contributed by atoms with Crippen LogP contribution in [0.5, 0.6) is 0 Å². The average molecular weight is 350 g/mol. The van der Waals surface area contributed by atoms with Crippen molar-refractivity contribution in [3.8, 4) is 11.4 Å². The van der Waals surface area contributed by atoms with Gasteiger partial charge in [0.05, 0.1) is 23.1 Å². The molecule has 0 spiro atoms. The minimum Gasteiger partial charge on any atom is -0.266 e. The first-order valence-electron chi connectivity index (χ1n) is 7.84. The summed E-state index contributed by atoms with van der Waals surface area (Å²) in [6, 6.07) is 3.50. The number of rotatable bonds is 4. The second kappa shape index (κ2) is 6.23. The molecule has 9 heteroatoms. The molecular formula is C15H22N6O2S. The van der Waals surface area contributed by atoms with Crippen LogP contribution in [0.4, 0.5) is 0 Å². The van der Waals surface area contributed by atoms with Gasteiger partial charge < -0.3 is 0 Å². The van der Waals surface area contributed by atoms with Gasteiger partial charge in [-0.15, -0.1) is 0 Å². The molecule has 2 aromatic rings. The Morgan fingerprint density at radius 2 is 2.04 bits per heavy atom. The van der Waals surface area contributed by atoms with Crippen molar-refractivity contribution in [3.63, 3.8) is 0 Å². The fourth-order valence-corrected chi connectivity index (χ4v) is 4.35. The highest BCUT2D eigenvalue weighted by Crippen LogP contribution is 2.35. The molecule has 2 aromatic heterocycles. The molecule has 1 saturated heterocycles. The topological polar surface area (TPSA) is 84.2 Å². The van der Waals surface area contributed by atoms with Gasteiger partial charge >= 0.3 is 0 Å². The van der Waals surface area contributed by atoms with E-state index in [1.807, 2.05) is 26.1 Å². The van der Waals surface area contributed by atoms with Crippen molar-refractivity contribution >= 4 is 10.2 Å². The third kappa shape index (κ3) is 2.94. The van der Waals surface area contributed by atoms with E-state index in [2.05, 4.69) is 15.1 Å². The van der Waals surface area contributed by atoms with E-state index in [-0.39, 0.29) is 6.04 Å². The average Bonchev–Trinajstić information content (AvgIpc) is 3.15. The zero-order valence-electron chi connectivity index (χ0n) is 14.3. The molecule has 0 bridgehead atoms. The summed E-state index contributed by atoms with van der Waals surface area (Å²) in [6.07, 6.45) is 3.29. The van der Waals surface area contributed by atoms with Crippen LogP contribution >= 0.6 is 0 Å². The molecule has 3 rings (SSSR count). The van der Waals surface area contributed by atoms with Crippen LogP contribution < -0.4 is 0 Å². The van der Waals surface area contributed by atoms with E-state index in [1.165, 1.54) is 8.61 Å². The van der Waals surface area contributed by atoms with Crippen molar-refractivity contribution in [2.45, 2.75) is 25.8 Å². The van der Waals surface area contributed by atoms with E-state index in [0.29, 0.717) is 12.4 Å². The third-order valence-electron chi connectivity index (χ3n) is 4.24. The second-order valence-electron chi connectivity index (χ2n) is 6.12. The van der Waals surface area contributed by atoms with Crippen LogP contribution in [0, 0.1) is 6.92 Å². The van der Waals surface area contributed by atoms with Crippen molar-refractivity contribution in [2.75, 3.05) is 20.6 Å². The summed E-state index contributed by atoms with van der Waals surface area (Å²) in [5, 5.41) is 4.17. The molecule has 1 fully saturated rings. The fourth-order valence-electron chi connectivity index (χ4n) is 3.04. The number of hydrogen-bond acceptors (Lipinski definition) is 5. The minimum absolute atomic E-state index is 0.258. The molecule has 3 heterocycles. The summed E-state index contributed by atoms with van der Waals surface area (Å²) in [7, 11) is 1.48. The smallest absolute Gasteiger partial charge is 0.266 e. The number of nitrogens with zero attached hydrogens (tertiary/aromatic N) is 6. The molecule has 0 N–H and O–H groups in total. The van der Waals surface area contributed by atoms with Crippen LogP contribution in [0.1, 0.15) is 30.4 Å². The molecule has 0 radical (unpaired) electrons. The lowest BCUT2D eigenvalue weighted by Gasteiger charge is -2.26. The number of aryl methyl sites for hydroxylation is 2. The van der Waals surface area contributed by atoms with Gasteiger partial charge in [0.15, 0.2) is 0 Å². The standard InChI is InChI=1S/C15H22N6O2S/c1-11-17-12(14-7-8-16-20(14)4)10-13(18-11)15-6-5-9-21(15)24(22,23)19(2)3/h7-8,10,15H,5-6,9H2,1-4H3.